The molecule has 6 heteroatoms. The van der Waals surface area contributed by atoms with Crippen molar-refractivity contribution < 1.29 is 26.7 Å². The van der Waals surface area contributed by atoms with Crippen molar-refractivity contribution in [2.24, 2.45) is 5.92 Å². The third-order valence-electron chi connectivity index (χ3n) is 4.52. The summed E-state index contributed by atoms with van der Waals surface area (Å²) in [4.78, 5) is 0. The number of hydrogen-bond acceptors (Lipinski definition) is 1. The molecule has 0 saturated heterocycles. The smallest absolute Gasteiger partial charge is 0.194 e. The van der Waals surface area contributed by atoms with Crippen LogP contribution < -0.4 is 4.74 Å². The first-order chi connectivity index (χ1) is 13.3. The number of benzene rings is 2. The molecule has 28 heavy (non-hydrogen) atoms. The Bertz CT molecular complexity index is 773. The fraction of sp³-hybridized carbons (Fsp3) is 0.364. The van der Waals surface area contributed by atoms with Crippen molar-refractivity contribution in [1.82, 2.24) is 0 Å². The van der Waals surface area contributed by atoms with Gasteiger partial charge in [-0.05, 0) is 67.0 Å². The first-order valence-corrected chi connectivity index (χ1v) is 9.22. The van der Waals surface area contributed by atoms with Crippen LogP contribution in [0.15, 0.2) is 36.9 Å². The van der Waals surface area contributed by atoms with Crippen LogP contribution in [0, 0.1) is 35.0 Å². The fourth-order valence-corrected chi connectivity index (χ4v) is 3.06. The molecule has 0 radical (unpaired) electrons. The largest absolute Gasteiger partial charge is 0.483 e. The van der Waals surface area contributed by atoms with E-state index in [1.54, 1.807) is 0 Å². The summed E-state index contributed by atoms with van der Waals surface area (Å²) < 4.78 is 72.8. The molecule has 2 aromatic carbocycles. The van der Waals surface area contributed by atoms with Gasteiger partial charge in [-0.2, -0.15) is 0 Å². The van der Waals surface area contributed by atoms with Crippen molar-refractivity contribution in [2.75, 3.05) is 0 Å². The average Bonchev–Trinajstić information content (AvgIpc) is 2.64. The topological polar surface area (TPSA) is 9.23 Å². The first-order valence-electron chi connectivity index (χ1n) is 9.22. The van der Waals surface area contributed by atoms with Gasteiger partial charge in [0.25, 0.3) is 0 Å². The summed E-state index contributed by atoms with van der Waals surface area (Å²) in [6, 6.07) is 3.81. The maximum absolute atomic E-state index is 14.2. The van der Waals surface area contributed by atoms with E-state index >= 15 is 0 Å². The van der Waals surface area contributed by atoms with Gasteiger partial charge in [-0.15, -0.1) is 6.58 Å². The second-order valence-electron chi connectivity index (χ2n) is 6.73. The van der Waals surface area contributed by atoms with Crippen molar-refractivity contribution in [2.45, 2.75) is 45.6 Å². The molecule has 2 rings (SSSR count). The van der Waals surface area contributed by atoms with Gasteiger partial charge in [-0.1, -0.05) is 19.4 Å². The second-order valence-corrected chi connectivity index (χ2v) is 6.73. The van der Waals surface area contributed by atoms with E-state index in [0.29, 0.717) is 17.9 Å². The molecular formula is C22H23F5O. The normalized spacial score (nSPS) is 12.1. The third-order valence-corrected chi connectivity index (χ3v) is 4.52. The zero-order chi connectivity index (χ0) is 20.7. The molecule has 1 unspecified atom stereocenters. The maximum atomic E-state index is 14.2. The minimum absolute atomic E-state index is 0.0781. The second kappa shape index (κ2) is 10.2. The number of hydrogen-bond donors (Lipinski definition) is 0. The monoisotopic (exact) mass is 398 g/mol. The molecule has 0 fully saturated rings. The summed E-state index contributed by atoms with van der Waals surface area (Å²) in [6.07, 6.45) is 6.15. The van der Waals surface area contributed by atoms with Gasteiger partial charge in [0.2, 0.25) is 0 Å². The van der Waals surface area contributed by atoms with Crippen LogP contribution in [0.5, 0.6) is 5.75 Å². The van der Waals surface area contributed by atoms with Crippen LogP contribution in [0.3, 0.4) is 0 Å². The summed E-state index contributed by atoms with van der Waals surface area (Å²) in [5.74, 6) is -6.43. The Morgan fingerprint density at radius 1 is 0.893 bits per heavy atom. The lowest BCUT2D eigenvalue weighted by molar-refractivity contribution is 0.272. The van der Waals surface area contributed by atoms with Crippen LogP contribution in [0.4, 0.5) is 22.0 Å². The molecule has 0 saturated carbocycles. The van der Waals surface area contributed by atoms with Gasteiger partial charge >= 0.3 is 0 Å². The summed E-state index contributed by atoms with van der Waals surface area (Å²) in [7, 11) is 0. The molecule has 0 amide bonds. The zero-order valence-electron chi connectivity index (χ0n) is 15.7. The summed E-state index contributed by atoms with van der Waals surface area (Å²) in [6.45, 7) is 5.39. The molecule has 0 spiro atoms. The van der Waals surface area contributed by atoms with Crippen LogP contribution in [-0.4, -0.2) is 0 Å². The van der Waals surface area contributed by atoms with E-state index in [2.05, 4.69) is 13.5 Å². The number of ether oxygens (including phenoxy) is 1. The Morgan fingerprint density at radius 2 is 1.46 bits per heavy atom. The van der Waals surface area contributed by atoms with Crippen molar-refractivity contribution in [3.63, 3.8) is 0 Å². The van der Waals surface area contributed by atoms with Gasteiger partial charge in [-0.25, -0.2) is 22.0 Å². The van der Waals surface area contributed by atoms with Crippen molar-refractivity contribution in [3.05, 3.63) is 77.1 Å². The molecule has 0 heterocycles. The Kier molecular flexibility index (Phi) is 8.03. The van der Waals surface area contributed by atoms with Gasteiger partial charge < -0.3 is 4.74 Å². The Hall–Kier alpha value is -2.37. The van der Waals surface area contributed by atoms with Gasteiger partial charge in [0.1, 0.15) is 6.61 Å². The van der Waals surface area contributed by atoms with Crippen molar-refractivity contribution in [1.29, 1.82) is 0 Å². The predicted molar refractivity (Wildman–Crippen MR) is 98.5 cm³/mol. The van der Waals surface area contributed by atoms with Crippen molar-refractivity contribution >= 4 is 0 Å². The Labute approximate surface area is 161 Å². The number of rotatable bonds is 10. The van der Waals surface area contributed by atoms with Gasteiger partial charge in [-0.3, -0.25) is 0 Å². The van der Waals surface area contributed by atoms with E-state index < -0.39 is 41.4 Å². The van der Waals surface area contributed by atoms with Gasteiger partial charge in [0.05, 0.1) is 0 Å². The molecular weight excluding hydrogens is 375 g/mol. The minimum atomic E-state index is -1.61. The van der Waals surface area contributed by atoms with E-state index in [-0.39, 0.29) is 5.56 Å². The van der Waals surface area contributed by atoms with Crippen LogP contribution >= 0.6 is 0 Å². The molecule has 152 valence electrons. The average molecular weight is 398 g/mol. The minimum Gasteiger partial charge on any atom is -0.483 e. The molecule has 2 aromatic rings. The van der Waals surface area contributed by atoms with E-state index in [0.717, 1.165) is 37.8 Å². The molecule has 1 atom stereocenters. The lowest BCUT2D eigenvalue weighted by Gasteiger charge is -2.12. The standard InChI is InChI=1S/C22H23F5O/c1-3-6-14(4-2)7-5-8-15-9-19(25)22(20(26)10-15)28-13-16-11-17(23)21(27)18(24)12-16/h4,9-12,14H,2-3,5-8,13H2,1H3. The molecule has 0 bridgehead atoms. The van der Waals surface area contributed by atoms with E-state index in [4.69, 9.17) is 4.74 Å². The summed E-state index contributed by atoms with van der Waals surface area (Å²) in [5, 5.41) is 0. The Balaban J connectivity index is 2.00. The number of aryl methyl sites for hydroxylation is 1. The van der Waals surface area contributed by atoms with Crippen LogP contribution in [-0.2, 0) is 13.0 Å². The van der Waals surface area contributed by atoms with Crippen LogP contribution in [0.2, 0.25) is 0 Å². The summed E-state index contributed by atoms with van der Waals surface area (Å²) in [5.41, 5.74) is 0.422. The SMILES string of the molecule is C=CC(CCC)CCCc1cc(F)c(OCc2cc(F)c(F)c(F)c2)c(F)c1. The van der Waals surface area contributed by atoms with E-state index in [1.807, 2.05) is 6.08 Å². The van der Waals surface area contributed by atoms with Gasteiger partial charge in [0, 0.05) is 0 Å². The first kappa shape index (κ1) is 21.9. The lowest BCUT2D eigenvalue weighted by Crippen LogP contribution is -2.04. The summed E-state index contributed by atoms with van der Waals surface area (Å²) >= 11 is 0. The predicted octanol–water partition coefficient (Wildman–Crippen LogP) is 6.89. The third kappa shape index (κ3) is 5.81. The molecule has 0 aromatic heterocycles. The molecule has 0 aliphatic carbocycles. The van der Waals surface area contributed by atoms with Crippen molar-refractivity contribution in [3.8, 4) is 5.75 Å². The highest BCUT2D eigenvalue weighted by Gasteiger charge is 2.15. The fourth-order valence-electron chi connectivity index (χ4n) is 3.06. The quantitative estimate of drug-likeness (QED) is 0.241. The lowest BCUT2D eigenvalue weighted by atomic mass is 9.95. The van der Waals surface area contributed by atoms with Crippen LogP contribution in [0.25, 0.3) is 0 Å². The molecule has 0 N–H and O–H groups in total. The van der Waals surface area contributed by atoms with E-state index in [9.17, 15) is 22.0 Å². The van der Waals surface area contributed by atoms with Gasteiger partial charge in [0.15, 0.2) is 34.8 Å². The zero-order valence-corrected chi connectivity index (χ0v) is 15.7. The highest BCUT2D eigenvalue weighted by molar-refractivity contribution is 5.32. The highest BCUT2D eigenvalue weighted by atomic mass is 19.2. The van der Waals surface area contributed by atoms with E-state index in [1.165, 1.54) is 12.1 Å². The highest BCUT2D eigenvalue weighted by Crippen LogP contribution is 2.26. The maximum Gasteiger partial charge on any atom is 0.194 e. The molecule has 0 aliphatic heterocycles. The number of allylic oxidation sites excluding steroid dienone is 1. The number of halogens is 5. The Morgan fingerprint density at radius 3 is 2.00 bits per heavy atom. The molecule has 0 aliphatic rings. The molecule has 1 nitrogen and oxygen atoms in total. The van der Waals surface area contributed by atoms with Crippen LogP contribution in [0.1, 0.15) is 43.7 Å².